The second-order valence-corrected chi connectivity index (χ2v) is 6.29. The topological polar surface area (TPSA) is 12.0 Å². The highest BCUT2D eigenvalue weighted by Crippen LogP contribution is 2.34. The van der Waals surface area contributed by atoms with E-state index in [0.717, 1.165) is 18.5 Å². The highest BCUT2D eigenvalue weighted by atomic mass is 32.2. The maximum Gasteiger partial charge on any atom is 0.123 e. The number of benzene rings is 1. The summed E-state index contributed by atoms with van der Waals surface area (Å²) in [7, 11) is 0. The molecule has 1 heterocycles. The van der Waals surface area contributed by atoms with Crippen molar-refractivity contribution < 1.29 is 4.39 Å². The minimum Gasteiger partial charge on any atom is -0.302 e. The third-order valence-corrected chi connectivity index (χ3v) is 4.03. The van der Waals surface area contributed by atoms with Crippen LogP contribution in [0.25, 0.3) is 0 Å². The van der Waals surface area contributed by atoms with Crippen molar-refractivity contribution in [3.8, 4) is 0 Å². The molecule has 15 heavy (non-hydrogen) atoms. The first-order valence-electron chi connectivity index (χ1n) is 5.25. The Balaban J connectivity index is 2.08. The molecule has 1 N–H and O–H groups in total. The van der Waals surface area contributed by atoms with Gasteiger partial charge in [0.2, 0.25) is 0 Å². The fourth-order valence-corrected chi connectivity index (χ4v) is 3.50. The van der Waals surface area contributed by atoms with Gasteiger partial charge in [0.05, 0.1) is 4.87 Å². The lowest BCUT2D eigenvalue weighted by Gasteiger charge is -2.23. The van der Waals surface area contributed by atoms with E-state index in [1.165, 1.54) is 6.07 Å². The summed E-state index contributed by atoms with van der Waals surface area (Å²) in [5, 5.41) is 4.13. The summed E-state index contributed by atoms with van der Waals surface area (Å²) in [5.41, 5.74) is 1.06. The van der Waals surface area contributed by atoms with Gasteiger partial charge in [0.1, 0.15) is 5.82 Å². The Morgan fingerprint density at radius 1 is 1.60 bits per heavy atom. The van der Waals surface area contributed by atoms with E-state index in [4.69, 9.17) is 0 Å². The van der Waals surface area contributed by atoms with Crippen LogP contribution in [0.4, 0.5) is 4.39 Å². The van der Waals surface area contributed by atoms with Crippen LogP contribution in [0.1, 0.15) is 19.4 Å². The van der Waals surface area contributed by atoms with E-state index in [-0.39, 0.29) is 10.7 Å². The van der Waals surface area contributed by atoms with Crippen molar-refractivity contribution in [1.82, 2.24) is 5.32 Å². The third-order valence-electron chi connectivity index (χ3n) is 2.66. The van der Waals surface area contributed by atoms with Crippen LogP contribution in [-0.2, 0) is 6.42 Å². The quantitative estimate of drug-likeness (QED) is 0.830. The maximum absolute atomic E-state index is 13.0. The summed E-state index contributed by atoms with van der Waals surface area (Å²) >= 11 is 1.93. The van der Waals surface area contributed by atoms with Crippen LogP contribution >= 0.6 is 11.8 Å². The van der Waals surface area contributed by atoms with Gasteiger partial charge < -0.3 is 5.32 Å². The minimum atomic E-state index is -0.146. The first-order chi connectivity index (χ1) is 7.07. The molecule has 1 aliphatic heterocycles. The zero-order chi connectivity index (χ0) is 10.9. The minimum absolute atomic E-state index is 0.0627. The summed E-state index contributed by atoms with van der Waals surface area (Å²) in [6, 6.07) is 6.87. The molecule has 1 aromatic carbocycles. The lowest BCUT2D eigenvalue weighted by molar-refractivity contribution is 0.532. The van der Waals surface area contributed by atoms with Crippen molar-refractivity contribution in [2.24, 2.45) is 0 Å². The monoisotopic (exact) mass is 225 g/mol. The Morgan fingerprint density at radius 3 is 3.00 bits per heavy atom. The van der Waals surface area contributed by atoms with Crippen LogP contribution in [0, 0.1) is 5.82 Å². The predicted octanol–water partition coefficient (Wildman–Crippen LogP) is 2.81. The molecule has 82 valence electrons. The summed E-state index contributed by atoms with van der Waals surface area (Å²) in [6.07, 6.45) is 0.875. The van der Waals surface area contributed by atoms with E-state index < -0.39 is 0 Å². The number of rotatable bonds is 2. The Bertz CT molecular complexity index is 355. The third kappa shape index (κ3) is 2.73. The average molecular weight is 225 g/mol. The first kappa shape index (κ1) is 11.0. The molecular weight excluding hydrogens is 209 g/mol. The molecule has 1 saturated heterocycles. The molecule has 1 aliphatic rings. The number of nitrogens with one attached hydrogen (secondary N) is 1. The Labute approximate surface area is 94.5 Å². The van der Waals surface area contributed by atoms with Gasteiger partial charge in [-0.1, -0.05) is 19.1 Å². The van der Waals surface area contributed by atoms with Crippen LogP contribution < -0.4 is 5.32 Å². The molecule has 0 aromatic heterocycles. The van der Waals surface area contributed by atoms with Crippen LogP contribution in [0.5, 0.6) is 0 Å². The summed E-state index contributed by atoms with van der Waals surface area (Å²) in [4.78, 5) is 0.0627. The summed E-state index contributed by atoms with van der Waals surface area (Å²) < 4.78 is 13.0. The van der Waals surface area contributed by atoms with Crippen molar-refractivity contribution in [1.29, 1.82) is 0 Å². The van der Waals surface area contributed by atoms with Gasteiger partial charge >= 0.3 is 0 Å². The van der Waals surface area contributed by atoms with Gasteiger partial charge in [0.25, 0.3) is 0 Å². The van der Waals surface area contributed by atoms with E-state index in [1.807, 2.05) is 17.8 Å². The standard InChI is InChI=1S/C12H16FNS/c1-9-8-14-12(2,15-9)7-10-4-3-5-11(13)6-10/h3-6,9,14H,7-8H2,1-2H3. The van der Waals surface area contributed by atoms with Crippen LogP contribution in [0.3, 0.4) is 0 Å². The van der Waals surface area contributed by atoms with Crippen molar-refractivity contribution in [2.75, 3.05) is 6.54 Å². The van der Waals surface area contributed by atoms with E-state index >= 15 is 0 Å². The normalized spacial score (nSPS) is 30.7. The molecule has 2 unspecified atom stereocenters. The lowest BCUT2D eigenvalue weighted by atomic mass is 10.1. The van der Waals surface area contributed by atoms with E-state index in [2.05, 4.69) is 19.2 Å². The average Bonchev–Trinajstić information content (AvgIpc) is 2.45. The van der Waals surface area contributed by atoms with Gasteiger partial charge in [0.15, 0.2) is 0 Å². The molecule has 0 bridgehead atoms. The van der Waals surface area contributed by atoms with E-state index in [1.54, 1.807) is 12.1 Å². The van der Waals surface area contributed by atoms with Crippen LogP contribution in [0.15, 0.2) is 24.3 Å². The molecule has 2 rings (SSSR count). The first-order valence-corrected chi connectivity index (χ1v) is 6.13. The molecule has 3 heteroatoms. The number of hydrogen-bond acceptors (Lipinski definition) is 2. The molecular formula is C12H16FNS. The number of halogens is 1. The van der Waals surface area contributed by atoms with Gasteiger partial charge in [-0.05, 0) is 31.0 Å². The molecule has 1 nitrogen and oxygen atoms in total. The Hall–Kier alpha value is -0.540. The van der Waals surface area contributed by atoms with Crippen molar-refractivity contribution in [2.45, 2.75) is 30.4 Å². The van der Waals surface area contributed by atoms with Crippen molar-refractivity contribution in [3.63, 3.8) is 0 Å². The van der Waals surface area contributed by atoms with E-state index in [0.29, 0.717) is 5.25 Å². The molecule has 0 amide bonds. The predicted molar refractivity (Wildman–Crippen MR) is 63.6 cm³/mol. The maximum atomic E-state index is 13.0. The van der Waals surface area contributed by atoms with Crippen molar-refractivity contribution in [3.05, 3.63) is 35.6 Å². The van der Waals surface area contributed by atoms with Crippen LogP contribution in [-0.4, -0.2) is 16.7 Å². The Morgan fingerprint density at radius 2 is 2.40 bits per heavy atom. The molecule has 0 radical (unpaired) electrons. The fourth-order valence-electron chi connectivity index (χ4n) is 2.03. The molecule has 0 spiro atoms. The highest BCUT2D eigenvalue weighted by Gasteiger charge is 2.33. The Kier molecular flexibility index (Phi) is 3.03. The lowest BCUT2D eigenvalue weighted by Crippen LogP contribution is -2.35. The van der Waals surface area contributed by atoms with Gasteiger partial charge in [0, 0.05) is 11.8 Å². The van der Waals surface area contributed by atoms with Gasteiger partial charge in [-0.25, -0.2) is 4.39 Å². The zero-order valence-electron chi connectivity index (χ0n) is 9.09. The molecule has 0 aliphatic carbocycles. The highest BCUT2D eigenvalue weighted by molar-refractivity contribution is 8.01. The molecule has 1 fully saturated rings. The number of thioether (sulfide) groups is 1. The molecule has 1 aromatic rings. The molecule has 2 atom stereocenters. The molecule has 0 saturated carbocycles. The smallest absolute Gasteiger partial charge is 0.123 e. The van der Waals surface area contributed by atoms with Gasteiger partial charge in [-0.15, -0.1) is 11.8 Å². The second kappa shape index (κ2) is 4.14. The van der Waals surface area contributed by atoms with E-state index in [9.17, 15) is 4.39 Å². The second-order valence-electron chi connectivity index (χ2n) is 4.35. The fraction of sp³-hybridized carbons (Fsp3) is 0.500. The number of hydrogen-bond donors (Lipinski definition) is 1. The summed E-state index contributed by atoms with van der Waals surface area (Å²) in [6.45, 7) is 5.44. The zero-order valence-corrected chi connectivity index (χ0v) is 9.90. The van der Waals surface area contributed by atoms with Crippen LogP contribution in [0.2, 0.25) is 0 Å². The van der Waals surface area contributed by atoms with Crippen molar-refractivity contribution >= 4 is 11.8 Å². The van der Waals surface area contributed by atoms with Gasteiger partial charge in [-0.3, -0.25) is 0 Å². The SMILES string of the molecule is CC1CNC(C)(Cc2cccc(F)c2)S1. The largest absolute Gasteiger partial charge is 0.302 e. The summed E-state index contributed by atoms with van der Waals surface area (Å²) in [5.74, 6) is -0.146. The van der Waals surface area contributed by atoms with Gasteiger partial charge in [-0.2, -0.15) is 0 Å².